The first-order valence-electron chi connectivity index (χ1n) is 16.6. The molecule has 0 aliphatic rings. The third kappa shape index (κ3) is 21.7. The molecule has 12 heteroatoms. The van der Waals surface area contributed by atoms with Crippen molar-refractivity contribution in [2.75, 3.05) is 24.9 Å². The predicted molar refractivity (Wildman–Crippen MR) is 201 cm³/mol. The van der Waals surface area contributed by atoms with Gasteiger partial charge in [-0.3, -0.25) is 19.2 Å². The van der Waals surface area contributed by atoms with Gasteiger partial charge < -0.3 is 20.1 Å². The Balaban J connectivity index is 0.000000692. The molecule has 0 saturated heterocycles. The van der Waals surface area contributed by atoms with E-state index in [-0.39, 0.29) is 37.5 Å². The largest absolute Gasteiger partial charge is 0.469 e. The van der Waals surface area contributed by atoms with Crippen LogP contribution in [-0.4, -0.2) is 66.3 Å². The number of esters is 2. The molecule has 0 bridgehead atoms. The number of amides is 2. The van der Waals surface area contributed by atoms with E-state index in [1.807, 2.05) is 0 Å². The zero-order chi connectivity index (χ0) is 36.2. The maximum absolute atomic E-state index is 11.4. The minimum absolute atomic E-state index is 0.0626. The molecule has 0 saturated carbocycles. The second-order valence-electron chi connectivity index (χ2n) is 11.2. The second-order valence-corrected chi connectivity index (χ2v) is 25.3. The van der Waals surface area contributed by atoms with Gasteiger partial charge in [0.2, 0.25) is 11.8 Å². The van der Waals surface area contributed by atoms with Gasteiger partial charge in [0.25, 0.3) is 0 Å². The molecule has 0 radical (unpaired) electrons. The summed E-state index contributed by atoms with van der Waals surface area (Å²) < 4.78 is 16.9. The molecule has 0 unspecified atom stereocenters. The van der Waals surface area contributed by atoms with E-state index in [0.29, 0.717) is 11.6 Å². The molecule has 0 atom stereocenters. The Kier molecular flexibility index (Phi) is 26.1. The van der Waals surface area contributed by atoms with Crippen molar-refractivity contribution in [2.45, 2.75) is 98.3 Å². The number of methoxy groups -OCH3 is 2. The van der Waals surface area contributed by atoms with E-state index >= 15 is 0 Å². The van der Waals surface area contributed by atoms with Gasteiger partial charge in [-0.15, -0.1) is 0 Å². The van der Waals surface area contributed by atoms with E-state index in [1.54, 1.807) is 56.0 Å². The third-order valence-electron chi connectivity index (χ3n) is 7.37. The molecule has 266 valence electrons. The number of carbonyl (C=O) groups is 4. The molecule has 0 fully saturated rings. The topological polar surface area (TPSA) is 137 Å². The first-order chi connectivity index (χ1) is 23.0. The zero-order valence-corrected chi connectivity index (χ0v) is 33.9. The van der Waals surface area contributed by atoms with E-state index < -0.39 is 30.3 Å². The molecule has 0 aliphatic heterocycles. The fourth-order valence-corrected chi connectivity index (χ4v) is 17.5. The summed E-state index contributed by atoms with van der Waals surface area (Å²) in [6.45, 7) is 14.7. The SMILES string of the molecule is C=Cc1ccc(NC(=O)CCC(=O)OC)nc1.C=[CH][Sn]([CH2]CCC)([CH2]CCC)[CH2]CCC.COC(=O)CCC(=O)Nc1ccc(Br)cn1. The van der Waals surface area contributed by atoms with Crippen molar-refractivity contribution in [3.8, 4) is 0 Å². The Bertz CT molecular complexity index is 1220. The average Bonchev–Trinajstić information content (AvgIpc) is 3.11. The van der Waals surface area contributed by atoms with Crippen LogP contribution in [0.5, 0.6) is 0 Å². The molecule has 2 aromatic heterocycles. The van der Waals surface area contributed by atoms with Crippen LogP contribution < -0.4 is 10.6 Å². The van der Waals surface area contributed by atoms with Crippen molar-refractivity contribution in [1.29, 1.82) is 0 Å². The molecule has 10 nitrogen and oxygen atoms in total. The van der Waals surface area contributed by atoms with Crippen LogP contribution in [-0.2, 0) is 28.7 Å². The van der Waals surface area contributed by atoms with Gasteiger partial charge in [0.1, 0.15) is 11.6 Å². The van der Waals surface area contributed by atoms with Gasteiger partial charge >= 0.3 is 114 Å². The number of unbranched alkanes of at least 4 members (excludes halogenated alkanes) is 3. The van der Waals surface area contributed by atoms with Crippen LogP contribution in [0.25, 0.3) is 6.08 Å². The van der Waals surface area contributed by atoms with Crippen LogP contribution in [0, 0.1) is 0 Å². The molecule has 48 heavy (non-hydrogen) atoms. The maximum Gasteiger partial charge on any atom is 0.306 e. The Morgan fingerprint density at radius 1 is 0.729 bits per heavy atom. The number of pyridine rings is 2. The summed E-state index contributed by atoms with van der Waals surface area (Å²) in [5.74, 6) is -0.438. The molecule has 2 amide bonds. The number of hydrogen-bond acceptors (Lipinski definition) is 8. The van der Waals surface area contributed by atoms with Gasteiger partial charge in [0.05, 0.1) is 27.1 Å². The van der Waals surface area contributed by atoms with E-state index in [9.17, 15) is 19.2 Å². The van der Waals surface area contributed by atoms with Gasteiger partial charge in [-0.2, -0.15) is 0 Å². The minimum Gasteiger partial charge on any atom is -0.469 e. The van der Waals surface area contributed by atoms with Gasteiger partial charge in [0, 0.05) is 29.7 Å². The van der Waals surface area contributed by atoms with E-state index in [2.05, 4.69) is 84.0 Å². The van der Waals surface area contributed by atoms with Crippen LogP contribution in [0.1, 0.15) is 90.5 Å². The number of nitrogens with one attached hydrogen (secondary N) is 2. The minimum atomic E-state index is -1.85. The number of aromatic nitrogens is 2. The van der Waals surface area contributed by atoms with Crippen molar-refractivity contribution >= 4 is 75.8 Å². The fraction of sp³-hybridized carbons (Fsp3) is 0.500. The van der Waals surface area contributed by atoms with Crippen LogP contribution in [0.3, 0.4) is 0 Å². The number of rotatable bonds is 19. The molecule has 2 aromatic rings. The zero-order valence-electron chi connectivity index (χ0n) is 29.4. The van der Waals surface area contributed by atoms with Crippen molar-refractivity contribution in [1.82, 2.24) is 9.97 Å². The molecule has 0 aliphatic carbocycles. The number of anilines is 2. The first kappa shape index (κ1) is 44.9. The van der Waals surface area contributed by atoms with E-state index in [4.69, 9.17) is 0 Å². The summed E-state index contributed by atoms with van der Waals surface area (Å²) in [4.78, 5) is 52.4. The van der Waals surface area contributed by atoms with Crippen LogP contribution >= 0.6 is 15.9 Å². The summed E-state index contributed by atoms with van der Waals surface area (Å²) in [5, 5.41) is 5.15. The standard InChI is InChI=1S/C12H14N2O3.C10H11BrN2O3.3C4H9.C2H3.Sn/c1-3-9-4-5-10(13-8-9)14-11(15)6-7-12(16)17-2;1-16-10(15)5-4-9(14)13-8-3-2-7(11)6-12-8;3*1-3-4-2;1-2;/h3-5,8H,1,6-7H2,2H3,(H,13,14,15);2-3,6H,4-5H2,1H3,(H,12,13,14);3*1,3-4H2,2H3;1H,2H2;. The maximum atomic E-state index is 11.4. The number of carbonyl (C=O) groups excluding carboxylic acids is 4. The van der Waals surface area contributed by atoms with Gasteiger partial charge in [0.15, 0.2) is 0 Å². The van der Waals surface area contributed by atoms with Gasteiger partial charge in [-0.25, -0.2) is 9.97 Å². The van der Waals surface area contributed by atoms with E-state index in [0.717, 1.165) is 10.0 Å². The number of nitrogens with zero attached hydrogens (tertiary/aromatic N) is 2. The second kappa shape index (κ2) is 27.8. The van der Waals surface area contributed by atoms with Gasteiger partial charge in [-0.05, 0) is 45.8 Å². The smallest absolute Gasteiger partial charge is 0.306 e. The molecule has 2 N–H and O–H groups in total. The summed E-state index contributed by atoms with van der Waals surface area (Å²) in [7, 11) is 2.58. The van der Waals surface area contributed by atoms with Crippen molar-refractivity contribution in [3.63, 3.8) is 0 Å². The average molecular weight is 838 g/mol. The van der Waals surface area contributed by atoms with Crippen molar-refractivity contribution < 1.29 is 28.7 Å². The molecule has 0 aromatic carbocycles. The Labute approximate surface area is 300 Å². The predicted octanol–water partition coefficient (Wildman–Crippen LogP) is 8.91. The molecular formula is C36H55BrN4O6Sn. The third-order valence-corrected chi connectivity index (χ3v) is 21.9. The molecule has 2 rings (SSSR count). The molecule has 0 spiro atoms. The fourth-order valence-electron chi connectivity index (χ4n) is 4.36. The van der Waals surface area contributed by atoms with Crippen LogP contribution in [0.4, 0.5) is 11.6 Å². The first-order valence-corrected chi connectivity index (χ1v) is 25.1. The van der Waals surface area contributed by atoms with Crippen LogP contribution in [0.15, 0.2) is 58.4 Å². The monoisotopic (exact) mass is 838 g/mol. The number of hydrogen-bond donors (Lipinski definition) is 2. The van der Waals surface area contributed by atoms with Crippen molar-refractivity contribution in [2.24, 2.45) is 0 Å². The van der Waals surface area contributed by atoms with Crippen LogP contribution in [0.2, 0.25) is 13.3 Å². The Morgan fingerprint density at radius 2 is 1.17 bits per heavy atom. The molecule has 2 heterocycles. The Morgan fingerprint density at radius 3 is 1.48 bits per heavy atom. The normalized spacial score (nSPS) is 10.2. The van der Waals surface area contributed by atoms with E-state index in [1.165, 1.54) is 52.7 Å². The summed E-state index contributed by atoms with van der Waals surface area (Å²) in [6.07, 6.45) is 13.6. The number of ether oxygens (including phenoxy) is 2. The summed E-state index contributed by atoms with van der Waals surface area (Å²) >= 11 is 1.38. The summed E-state index contributed by atoms with van der Waals surface area (Å²) in [5.41, 5.74) is 0.873. The van der Waals surface area contributed by atoms with Crippen molar-refractivity contribution in [3.05, 3.63) is 63.9 Å². The Hall–Kier alpha value is -3.06. The number of halogens is 1. The summed E-state index contributed by atoms with van der Waals surface area (Å²) in [6, 6.07) is 6.89. The molecular weight excluding hydrogens is 783 g/mol. The van der Waals surface area contributed by atoms with Gasteiger partial charge in [-0.1, -0.05) is 12.7 Å². The quantitative estimate of drug-likeness (QED) is 0.106.